The van der Waals surface area contributed by atoms with Crippen LogP contribution in [0.5, 0.6) is 0 Å². The first-order valence-corrected chi connectivity index (χ1v) is 10.5. The Morgan fingerprint density at radius 1 is 1.04 bits per heavy atom. The zero-order valence-corrected chi connectivity index (χ0v) is 17.4. The van der Waals surface area contributed by atoms with Crippen LogP contribution in [0.4, 0.5) is 0 Å². The largest absolute Gasteiger partial charge is 0.345 e. The molecule has 0 saturated heterocycles. The maximum absolute atomic E-state index is 12.8. The molecule has 28 heavy (non-hydrogen) atoms. The highest BCUT2D eigenvalue weighted by Crippen LogP contribution is 2.26. The van der Waals surface area contributed by atoms with E-state index < -0.39 is 15.9 Å². The van der Waals surface area contributed by atoms with Crippen molar-refractivity contribution < 1.29 is 13.2 Å². The Balaban J connectivity index is 1.93. The van der Waals surface area contributed by atoms with E-state index in [0.29, 0.717) is 0 Å². The van der Waals surface area contributed by atoms with E-state index in [9.17, 15) is 13.2 Å². The van der Waals surface area contributed by atoms with Gasteiger partial charge < -0.3 is 5.32 Å². The van der Waals surface area contributed by atoms with Crippen molar-refractivity contribution in [3.63, 3.8) is 0 Å². The van der Waals surface area contributed by atoms with Crippen molar-refractivity contribution in [1.82, 2.24) is 9.62 Å². The van der Waals surface area contributed by atoms with Crippen LogP contribution in [0.3, 0.4) is 0 Å². The van der Waals surface area contributed by atoms with Crippen molar-refractivity contribution in [3.05, 3.63) is 76.8 Å². The number of rotatable bonds is 5. The number of amides is 1. The van der Waals surface area contributed by atoms with Gasteiger partial charge in [-0.2, -0.15) is 0 Å². The summed E-state index contributed by atoms with van der Waals surface area (Å²) in [5, 5.41) is 5.25. The van der Waals surface area contributed by atoms with Gasteiger partial charge in [0.1, 0.15) is 0 Å². The predicted octanol–water partition coefficient (Wildman–Crippen LogP) is 4.23. The molecular weight excluding hydrogens is 396 g/mol. The number of nitrogens with one attached hydrogen (secondary N) is 1. The lowest BCUT2D eigenvalue weighted by atomic mass is 9.99. The van der Waals surface area contributed by atoms with Crippen LogP contribution in [0, 0.1) is 0 Å². The summed E-state index contributed by atoms with van der Waals surface area (Å²) in [6, 6.07) is 17.7. The van der Waals surface area contributed by atoms with Crippen molar-refractivity contribution >= 4 is 38.3 Å². The summed E-state index contributed by atoms with van der Waals surface area (Å²) in [5.74, 6) is -0.429. The predicted molar refractivity (Wildman–Crippen MR) is 112 cm³/mol. The Morgan fingerprint density at radius 2 is 1.71 bits per heavy atom. The van der Waals surface area contributed by atoms with E-state index in [0.717, 1.165) is 20.6 Å². The molecule has 0 heterocycles. The molecule has 3 rings (SSSR count). The van der Waals surface area contributed by atoms with E-state index in [-0.39, 0.29) is 21.5 Å². The van der Waals surface area contributed by atoms with Crippen LogP contribution in [0.2, 0.25) is 5.02 Å². The Hall–Kier alpha value is -2.41. The number of fused-ring (bicyclic) bond motifs is 1. The fourth-order valence-corrected chi connectivity index (χ4v) is 4.16. The number of sulfonamides is 1. The first-order valence-electron chi connectivity index (χ1n) is 8.72. The number of halogens is 1. The minimum absolute atomic E-state index is 0.0184. The van der Waals surface area contributed by atoms with Crippen LogP contribution < -0.4 is 5.32 Å². The van der Waals surface area contributed by atoms with Crippen LogP contribution >= 0.6 is 11.6 Å². The number of benzene rings is 3. The maximum atomic E-state index is 12.8. The third-order valence-corrected chi connectivity index (χ3v) is 6.74. The van der Waals surface area contributed by atoms with Crippen LogP contribution in [0.25, 0.3) is 10.8 Å². The Kier molecular flexibility index (Phi) is 5.74. The molecule has 0 fully saturated rings. The Bertz CT molecular complexity index is 1140. The standard InChI is InChI=1S/C21H21ClN2O3S/c1-14(17-10-6-8-15-7-4-5-9-18(15)17)23-21(25)19-13-16(11-12-20(19)22)28(26,27)24(2)3/h4-14H,1-3H3,(H,23,25)/t14-/m0/s1. The van der Waals surface area contributed by atoms with Crippen molar-refractivity contribution in [2.45, 2.75) is 17.9 Å². The highest BCUT2D eigenvalue weighted by molar-refractivity contribution is 7.89. The summed E-state index contributed by atoms with van der Waals surface area (Å²) >= 11 is 6.18. The molecule has 7 heteroatoms. The van der Waals surface area contributed by atoms with E-state index in [1.807, 2.05) is 49.4 Å². The smallest absolute Gasteiger partial charge is 0.253 e. The molecule has 146 valence electrons. The molecule has 0 spiro atoms. The van der Waals surface area contributed by atoms with Gasteiger partial charge in [0, 0.05) is 14.1 Å². The lowest BCUT2D eigenvalue weighted by Gasteiger charge is -2.18. The molecular formula is C21H21ClN2O3S. The van der Waals surface area contributed by atoms with Gasteiger partial charge in [-0.05, 0) is 41.5 Å². The zero-order valence-electron chi connectivity index (χ0n) is 15.8. The highest BCUT2D eigenvalue weighted by Gasteiger charge is 2.22. The van der Waals surface area contributed by atoms with Gasteiger partial charge in [-0.1, -0.05) is 54.1 Å². The second-order valence-electron chi connectivity index (χ2n) is 6.69. The fraction of sp³-hybridized carbons (Fsp3) is 0.190. The Labute approximate surface area is 170 Å². The summed E-state index contributed by atoms with van der Waals surface area (Å²) in [5.41, 5.74) is 1.09. The van der Waals surface area contributed by atoms with Crippen molar-refractivity contribution in [3.8, 4) is 0 Å². The van der Waals surface area contributed by atoms with Gasteiger partial charge in [0.15, 0.2) is 0 Å². The molecule has 0 unspecified atom stereocenters. The normalized spacial score (nSPS) is 12.9. The molecule has 0 saturated carbocycles. The van der Waals surface area contributed by atoms with E-state index in [2.05, 4.69) is 5.32 Å². The molecule has 0 aliphatic heterocycles. The number of hydrogen-bond donors (Lipinski definition) is 1. The SMILES string of the molecule is C[C@H](NC(=O)c1cc(S(=O)(=O)N(C)C)ccc1Cl)c1cccc2ccccc12. The number of nitrogens with zero attached hydrogens (tertiary/aromatic N) is 1. The summed E-state index contributed by atoms with van der Waals surface area (Å²) in [7, 11) is -0.791. The molecule has 3 aromatic carbocycles. The minimum atomic E-state index is -3.66. The molecule has 1 amide bonds. The summed E-state index contributed by atoms with van der Waals surface area (Å²) in [6.07, 6.45) is 0. The van der Waals surface area contributed by atoms with Crippen molar-refractivity contribution in [2.24, 2.45) is 0 Å². The topological polar surface area (TPSA) is 66.5 Å². The van der Waals surface area contributed by atoms with Crippen LogP contribution in [-0.4, -0.2) is 32.7 Å². The first-order chi connectivity index (χ1) is 13.2. The van der Waals surface area contributed by atoms with Crippen molar-refractivity contribution in [2.75, 3.05) is 14.1 Å². The van der Waals surface area contributed by atoms with Gasteiger partial charge in [-0.25, -0.2) is 12.7 Å². The number of carbonyl (C=O) groups excluding carboxylic acids is 1. The monoisotopic (exact) mass is 416 g/mol. The first kappa shape index (κ1) is 20.3. The van der Waals surface area contributed by atoms with Crippen LogP contribution in [-0.2, 0) is 10.0 Å². The Morgan fingerprint density at radius 3 is 2.43 bits per heavy atom. The third kappa shape index (κ3) is 3.90. The number of carbonyl (C=O) groups is 1. The van der Waals surface area contributed by atoms with E-state index in [4.69, 9.17) is 11.6 Å². The van der Waals surface area contributed by atoms with Crippen molar-refractivity contribution in [1.29, 1.82) is 0 Å². The maximum Gasteiger partial charge on any atom is 0.253 e. The quantitative estimate of drug-likeness (QED) is 0.676. The molecule has 0 aromatic heterocycles. The van der Waals surface area contributed by atoms with E-state index >= 15 is 0 Å². The van der Waals surface area contributed by atoms with Gasteiger partial charge in [-0.15, -0.1) is 0 Å². The molecule has 5 nitrogen and oxygen atoms in total. The van der Waals surface area contributed by atoms with Gasteiger partial charge in [0.25, 0.3) is 5.91 Å². The van der Waals surface area contributed by atoms with Gasteiger partial charge in [0.05, 0.1) is 21.5 Å². The van der Waals surface area contributed by atoms with Gasteiger partial charge in [-0.3, -0.25) is 4.79 Å². The fourth-order valence-electron chi connectivity index (χ4n) is 3.03. The molecule has 1 N–H and O–H groups in total. The second kappa shape index (κ2) is 7.91. The summed E-state index contributed by atoms with van der Waals surface area (Å²) in [6.45, 7) is 1.88. The van der Waals surface area contributed by atoms with Gasteiger partial charge in [0.2, 0.25) is 10.0 Å². The number of hydrogen-bond acceptors (Lipinski definition) is 3. The van der Waals surface area contributed by atoms with E-state index in [1.54, 1.807) is 0 Å². The van der Waals surface area contributed by atoms with Crippen LogP contribution in [0.15, 0.2) is 65.6 Å². The summed E-state index contributed by atoms with van der Waals surface area (Å²) in [4.78, 5) is 12.8. The molecule has 0 aliphatic rings. The van der Waals surface area contributed by atoms with Crippen LogP contribution in [0.1, 0.15) is 28.9 Å². The molecule has 0 radical (unpaired) electrons. The molecule has 0 bridgehead atoms. The molecule has 0 aliphatic carbocycles. The average Bonchev–Trinajstić information content (AvgIpc) is 2.67. The molecule has 3 aromatic rings. The third-order valence-electron chi connectivity index (χ3n) is 4.60. The highest BCUT2D eigenvalue weighted by atomic mass is 35.5. The van der Waals surface area contributed by atoms with E-state index in [1.165, 1.54) is 32.3 Å². The molecule has 1 atom stereocenters. The second-order valence-corrected chi connectivity index (χ2v) is 9.25. The van der Waals surface area contributed by atoms with Gasteiger partial charge >= 0.3 is 0 Å². The lowest BCUT2D eigenvalue weighted by molar-refractivity contribution is 0.0940. The minimum Gasteiger partial charge on any atom is -0.345 e. The average molecular weight is 417 g/mol. The summed E-state index contributed by atoms with van der Waals surface area (Å²) < 4.78 is 25.8. The zero-order chi connectivity index (χ0) is 20.5. The lowest BCUT2D eigenvalue weighted by Crippen LogP contribution is -2.28.